The Morgan fingerprint density at radius 1 is 1.42 bits per heavy atom. The highest BCUT2D eigenvalue weighted by molar-refractivity contribution is 5.96. The van der Waals surface area contributed by atoms with Crippen molar-refractivity contribution in [3.63, 3.8) is 0 Å². The van der Waals surface area contributed by atoms with Crippen LogP contribution in [0.15, 0.2) is 61.0 Å². The lowest BCUT2D eigenvalue weighted by atomic mass is 10.1. The zero-order valence-electron chi connectivity index (χ0n) is 10.7. The van der Waals surface area contributed by atoms with E-state index in [9.17, 15) is 9.59 Å². The molecular formula is C15H16N2O2. The standard InChI is InChI=1S/C15H16N2O2/c1-3-5-12(6-4-2)14(11-18)17-15(19)13-7-9-16-10-8-13/h3-11,14H,1H2,2H3,(H,17,19)/b6-4-,12-5+/t14-/m1/s1. The number of pyridine rings is 1. The van der Waals surface area contributed by atoms with Gasteiger partial charge in [-0.05, 0) is 24.6 Å². The number of carbonyl (C=O) groups excluding carboxylic acids is 2. The maximum Gasteiger partial charge on any atom is 0.252 e. The zero-order chi connectivity index (χ0) is 14.1. The van der Waals surface area contributed by atoms with Crippen LogP contribution in [0.25, 0.3) is 0 Å². The van der Waals surface area contributed by atoms with Crippen molar-refractivity contribution in [2.75, 3.05) is 0 Å². The smallest absolute Gasteiger partial charge is 0.252 e. The molecule has 1 N–H and O–H groups in total. The average molecular weight is 256 g/mol. The number of aromatic nitrogens is 1. The fraction of sp³-hybridized carbons (Fsp3) is 0.133. The first-order valence-corrected chi connectivity index (χ1v) is 5.84. The summed E-state index contributed by atoms with van der Waals surface area (Å²) in [7, 11) is 0. The molecule has 0 aliphatic carbocycles. The summed E-state index contributed by atoms with van der Waals surface area (Å²) in [6.07, 6.45) is 10.6. The largest absolute Gasteiger partial charge is 0.338 e. The molecule has 0 spiro atoms. The van der Waals surface area contributed by atoms with Crippen LogP contribution in [-0.4, -0.2) is 23.2 Å². The lowest BCUT2D eigenvalue weighted by Gasteiger charge is -2.13. The van der Waals surface area contributed by atoms with Crippen molar-refractivity contribution in [1.82, 2.24) is 10.3 Å². The molecule has 0 aromatic carbocycles. The first kappa shape index (κ1) is 14.6. The Balaban J connectivity index is 2.87. The molecule has 0 aliphatic heterocycles. The van der Waals surface area contributed by atoms with E-state index >= 15 is 0 Å². The highest BCUT2D eigenvalue weighted by Crippen LogP contribution is 2.05. The van der Waals surface area contributed by atoms with E-state index in [4.69, 9.17) is 0 Å². The molecular weight excluding hydrogens is 240 g/mol. The number of allylic oxidation sites excluding steroid dienone is 3. The van der Waals surface area contributed by atoms with Crippen LogP contribution >= 0.6 is 0 Å². The van der Waals surface area contributed by atoms with Gasteiger partial charge in [0.1, 0.15) is 12.3 Å². The Morgan fingerprint density at radius 3 is 2.63 bits per heavy atom. The minimum Gasteiger partial charge on any atom is -0.338 e. The molecule has 0 saturated heterocycles. The summed E-state index contributed by atoms with van der Waals surface area (Å²) in [5.74, 6) is -0.320. The monoisotopic (exact) mass is 256 g/mol. The fourth-order valence-corrected chi connectivity index (χ4v) is 1.52. The van der Waals surface area contributed by atoms with Crippen molar-refractivity contribution in [3.8, 4) is 0 Å². The lowest BCUT2D eigenvalue weighted by molar-refractivity contribution is -0.108. The van der Waals surface area contributed by atoms with Gasteiger partial charge in [-0.3, -0.25) is 9.78 Å². The minimum atomic E-state index is -0.699. The number of rotatable bonds is 6. The molecule has 19 heavy (non-hydrogen) atoms. The average Bonchev–Trinajstić information content (AvgIpc) is 2.45. The van der Waals surface area contributed by atoms with Crippen LogP contribution in [-0.2, 0) is 4.79 Å². The molecule has 98 valence electrons. The summed E-state index contributed by atoms with van der Waals surface area (Å²) in [6.45, 7) is 5.43. The van der Waals surface area contributed by atoms with E-state index < -0.39 is 6.04 Å². The maximum atomic E-state index is 12.0. The molecule has 0 bridgehead atoms. The maximum absolute atomic E-state index is 12.0. The van der Waals surface area contributed by atoms with Crippen LogP contribution in [0.2, 0.25) is 0 Å². The molecule has 1 heterocycles. The molecule has 1 rings (SSSR count). The van der Waals surface area contributed by atoms with E-state index in [-0.39, 0.29) is 5.91 Å². The van der Waals surface area contributed by atoms with E-state index in [1.54, 1.807) is 36.4 Å². The number of amides is 1. The van der Waals surface area contributed by atoms with Gasteiger partial charge in [-0.2, -0.15) is 0 Å². The molecule has 1 aromatic rings. The first-order valence-electron chi connectivity index (χ1n) is 5.84. The number of aldehydes is 1. The summed E-state index contributed by atoms with van der Waals surface area (Å²) in [5.41, 5.74) is 1.13. The summed E-state index contributed by atoms with van der Waals surface area (Å²) >= 11 is 0. The van der Waals surface area contributed by atoms with Crippen molar-refractivity contribution in [1.29, 1.82) is 0 Å². The third kappa shape index (κ3) is 4.35. The molecule has 0 aliphatic rings. The molecule has 1 atom stereocenters. The molecule has 0 fully saturated rings. The second-order valence-electron chi connectivity index (χ2n) is 3.73. The molecule has 0 radical (unpaired) electrons. The Morgan fingerprint density at radius 2 is 2.11 bits per heavy atom. The second-order valence-corrected chi connectivity index (χ2v) is 3.73. The van der Waals surface area contributed by atoms with Crippen molar-refractivity contribution in [2.45, 2.75) is 13.0 Å². The summed E-state index contributed by atoms with van der Waals surface area (Å²) < 4.78 is 0. The Bertz CT molecular complexity index is 504. The first-order chi connectivity index (χ1) is 9.22. The summed E-state index contributed by atoms with van der Waals surface area (Å²) in [5, 5.41) is 2.65. The quantitative estimate of drug-likeness (QED) is 0.626. The Labute approximate surface area is 112 Å². The van der Waals surface area contributed by atoms with E-state index in [2.05, 4.69) is 16.9 Å². The van der Waals surface area contributed by atoms with Gasteiger partial charge in [-0.25, -0.2) is 0 Å². The predicted octanol–water partition coefficient (Wildman–Crippen LogP) is 2.07. The lowest BCUT2D eigenvalue weighted by Crippen LogP contribution is -2.37. The molecule has 0 saturated carbocycles. The molecule has 1 aromatic heterocycles. The highest BCUT2D eigenvalue weighted by Gasteiger charge is 2.15. The third-order valence-corrected chi connectivity index (χ3v) is 2.39. The van der Waals surface area contributed by atoms with Crippen molar-refractivity contribution < 1.29 is 9.59 Å². The van der Waals surface area contributed by atoms with Gasteiger partial charge in [0.25, 0.3) is 5.91 Å². The molecule has 4 nitrogen and oxygen atoms in total. The van der Waals surface area contributed by atoms with E-state index in [0.717, 1.165) is 0 Å². The number of nitrogens with one attached hydrogen (secondary N) is 1. The topological polar surface area (TPSA) is 59.1 Å². The van der Waals surface area contributed by atoms with Crippen LogP contribution in [0.5, 0.6) is 0 Å². The van der Waals surface area contributed by atoms with Gasteiger partial charge >= 0.3 is 0 Å². The van der Waals surface area contributed by atoms with Crippen LogP contribution < -0.4 is 5.32 Å². The van der Waals surface area contributed by atoms with Gasteiger partial charge in [0, 0.05) is 18.0 Å². The zero-order valence-corrected chi connectivity index (χ0v) is 10.7. The van der Waals surface area contributed by atoms with Crippen LogP contribution in [0.3, 0.4) is 0 Å². The highest BCUT2D eigenvalue weighted by atomic mass is 16.2. The second kappa shape index (κ2) is 7.76. The minimum absolute atomic E-state index is 0.320. The van der Waals surface area contributed by atoms with Gasteiger partial charge in [-0.1, -0.05) is 30.9 Å². The number of carbonyl (C=O) groups is 2. The third-order valence-electron chi connectivity index (χ3n) is 2.39. The van der Waals surface area contributed by atoms with E-state index in [0.29, 0.717) is 17.4 Å². The predicted molar refractivity (Wildman–Crippen MR) is 74.6 cm³/mol. The Kier molecular flexibility index (Phi) is 5.95. The molecule has 1 amide bonds. The van der Waals surface area contributed by atoms with Gasteiger partial charge in [0.2, 0.25) is 0 Å². The van der Waals surface area contributed by atoms with Crippen molar-refractivity contribution in [3.05, 3.63) is 66.5 Å². The van der Waals surface area contributed by atoms with E-state index in [1.165, 1.54) is 12.4 Å². The van der Waals surface area contributed by atoms with Crippen LogP contribution in [0.1, 0.15) is 17.3 Å². The summed E-state index contributed by atoms with van der Waals surface area (Å²) in [6, 6.07) is 2.47. The van der Waals surface area contributed by atoms with Gasteiger partial charge in [-0.15, -0.1) is 0 Å². The Hall–Kier alpha value is -2.49. The van der Waals surface area contributed by atoms with Crippen molar-refractivity contribution >= 4 is 12.2 Å². The van der Waals surface area contributed by atoms with Crippen LogP contribution in [0.4, 0.5) is 0 Å². The van der Waals surface area contributed by atoms with Gasteiger partial charge in [0.15, 0.2) is 0 Å². The molecule has 0 unspecified atom stereocenters. The SMILES string of the molecule is C=C/C=C(\C=C/C)[C@@H](C=O)NC(=O)c1ccncc1. The normalized spacial score (nSPS) is 13.0. The number of nitrogens with zero attached hydrogens (tertiary/aromatic N) is 1. The number of hydrogen-bond acceptors (Lipinski definition) is 3. The number of hydrogen-bond donors (Lipinski definition) is 1. The van der Waals surface area contributed by atoms with Crippen molar-refractivity contribution in [2.24, 2.45) is 0 Å². The summed E-state index contributed by atoms with van der Waals surface area (Å²) in [4.78, 5) is 26.9. The van der Waals surface area contributed by atoms with Gasteiger partial charge < -0.3 is 10.1 Å². The fourth-order valence-electron chi connectivity index (χ4n) is 1.52. The van der Waals surface area contributed by atoms with Crippen LogP contribution in [0, 0.1) is 0 Å². The van der Waals surface area contributed by atoms with Gasteiger partial charge in [0.05, 0.1) is 0 Å². The molecule has 4 heteroatoms. The van der Waals surface area contributed by atoms with E-state index in [1.807, 2.05) is 6.92 Å².